The number of aromatic nitrogens is 2. The van der Waals surface area contributed by atoms with Crippen LogP contribution < -0.4 is 16.0 Å². The minimum absolute atomic E-state index is 0.0356. The highest BCUT2D eigenvalue weighted by Crippen LogP contribution is 2.37. The number of hydrogen-bond donors (Lipinski definition) is 4. The fourth-order valence-corrected chi connectivity index (χ4v) is 5.61. The SMILES string of the molecule is COC(=O)c1coc(-c2nc3oc2C(=O)Nc2ccc(cc2-c2cc(C)cc(C)c2)C[C@H](NC(=O)[C@@H](O)C(C)C)C(=O)N[C@H]3C(C)(C)C)n1. The number of esters is 1. The van der Waals surface area contributed by atoms with Crippen molar-refractivity contribution in [2.24, 2.45) is 11.3 Å². The van der Waals surface area contributed by atoms with E-state index in [-0.39, 0.29) is 41.3 Å². The Morgan fingerprint density at radius 3 is 2.39 bits per heavy atom. The van der Waals surface area contributed by atoms with Gasteiger partial charge in [-0.25, -0.2) is 14.8 Å². The molecule has 4 heterocycles. The number of benzene rings is 2. The number of anilines is 1. The van der Waals surface area contributed by atoms with Crippen molar-refractivity contribution < 1.29 is 37.9 Å². The van der Waals surface area contributed by atoms with Gasteiger partial charge in [-0.3, -0.25) is 14.4 Å². The molecule has 6 rings (SSSR count). The molecule has 0 saturated carbocycles. The lowest BCUT2D eigenvalue weighted by molar-refractivity contribution is -0.136. The van der Waals surface area contributed by atoms with Crippen LogP contribution in [0.1, 0.15) is 84.3 Å². The van der Waals surface area contributed by atoms with Gasteiger partial charge in [0.2, 0.25) is 29.4 Å². The molecule has 2 aromatic carbocycles. The van der Waals surface area contributed by atoms with E-state index in [9.17, 15) is 24.3 Å². The molecule has 49 heavy (non-hydrogen) atoms. The third-order valence-electron chi connectivity index (χ3n) is 8.19. The Kier molecular flexibility index (Phi) is 9.77. The number of carbonyl (C=O) groups is 4. The van der Waals surface area contributed by atoms with Gasteiger partial charge in [0.25, 0.3) is 5.91 Å². The summed E-state index contributed by atoms with van der Waals surface area (Å²) in [6.45, 7) is 12.9. The molecular weight excluding hydrogens is 630 g/mol. The molecule has 0 radical (unpaired) electrons. The molecular formula is C36H41N5O8. The third kappa shape index (κ3) is 7.56. The van der Waals surface area contributed by atoms with Gasteiger partial charge in [-0.05, 0) is 48.4 Å². The molecule has 4 bridgehead atoms. The van der Waals surface area contributed by atoms with Crippen molar-refractivity contribution in [1.29, 1.82) is 0 Å². The highest BCUT2D eigenvalue weighted by atomic mass is 16.5. The van der Waals surface area contributed by atoms with Gasteiger partial charge in [0, 0.05) is 17.7 Å². The molecule has 13 nitrogen and oxygen atoms in total. The van der Waals surface area contributed by atoms with E-state index in [0.29, 0.717) is 16.8 Å². The van der Waals surface area contributed by atoms with Crippen molar-refractivity contribution >= 4 is 29.4 Å². The van der Waals surface area contributed by atoms with Gasteiger partial charge in [-0.2, -0.15) is 0 Å². The van der Waals surface area contributed by atoms with Gasteiger partial charge < -0.3 is 34.6 Å². The molecule has 0 aliphatic carbocycles. The molecule has 0 spiro atoms. The molecule has 4 N–H and O–H groups in total. The summed E-state index contributed by atoms with van der Waals surface area (Å²) in [6.07, 6.45) is -0.186. The molecule has 0 fully saturated rings. The van der Waals surface area contributed by atoms with E-state index >= 15 is 0 Å². The number of aliphatic hydroxyl groups is 1. The number of oxazole rings is 2. The molecule has 0 saturated heterocycles. The monoisotopic (exact) mass is 671 g/mol. The summed E-state index contributed by atoms with van der Waals surface area (Å²) >= 11 is 0. The zero-order valence-electron chi connectivity index (χ0n) is 28.8. The Hall–Kier alpha value is -5.30. The molecule has 3 amide bonds. The number of amides is 3. The Morgan fingerprint density at radius 1 is 1.06 bits per heavy atom. The van der Waals surface area contributed by atoms with E-state index in [1.807, 2.05) is 58.9 Å². The molecule has 0 unspecified atom stereocenters. The van der Waals surface area contributed by atoms with Gasteiger partial charge in [-0.15, -0.1) is 0 Å². The van der Waals surface area contributed by atoms with Crippen LogP contribution in [0.25, 0.3) is 22.7 Å². The largest absolute Gasteiger partial charge is 0.464 e. The second-order valence-electron chi connectivity index (χ2n) is 13.7. The van der Waals surface area contributed by atoms with Crippen LogP contribution in [0.15, 0.2) is 51.5 Å². The summed E-state index contributed by atoms with van der Waals surface area (Å²) in [4.78, 5) is 62.2. The van der Waals surface area contributed by atoms with Crippen LogP contribution in [0.3, 0.4) is 0 Å². The topological polar surface area (TPSA) is 186 Å². The van der Waals surface area contributed by atoms with Crippen LogP contribution in [-0.4, -0.2) is 58.0 Å². The number of aliphatic hydroxyl groups excluding tert-OH is 1. The van der Waals surface area contributed by atoms with Crippen molar-refractivity contribution in [3.8, 4) is 22.7 Å². The van der Waals surface area contributed by atoms with Crippen molar-refractivity contribution in [1.82, 2.24) is 20.6 Å². The molecule has 3 atom stereocenters. The maximum Gasteiger partial charge on any atom is 0.360 e. The maximum atomic E-state index is 14.1. The summed E-state index contributed by atoms with van der Waals surface area (Å²) in [7, 11) is 1.20. The molecule has 13 heteroatoms. The predicted molar refractivity (Wildman–Crippen MR) is 179 cm³/mol. The van der Waals surface area contributed by atoms with E-state index in [4.69, 9.17) is 13.6 Å². The maximum absolute atomic E-state index is 14.1. The van der Waals surface area contributed by atoms with Crippen molar-refractivity contribution in [3.05, 3.63) is 76.7 Å². The number of nitrogens with zero attached hydrogens (tertiary/aromatic N) is 2. The zero-order valence-corrected chi connectivity index (χ0v) is 28.8. The first kappa shape index (κ1) is 35.0. The van der Waals surface area contributed by atoms with Gasteiger partial charge >= 0.3 is 5.97 Å². The average Bonchev–Trinajstić information content (AvgIpc) is 3.69. The molecule has 258 valence electrons. The van der Waals surface area contributed by atoms with Crippen LogP contribution in [-0.2, 0) is 20.7 Å². The normalized spacial score (nSPS) is 17.3. The van der Waals surface area contributed by atoms with E-state index in [2.05, 4.69) is 25.9 Å². The summed E-state index contributed by atoms with van der Waals surface area (Å²) in [6, 6.07) is 9.27. The van der Waals surface area contributed by atoms with Crippen LogP contribution in [0.4, 0.5) is 5.69 Å². The van der Waals surface area contributed by atoms with Gasteiger partial charge in [-0.1, -0.05) is 70.0 Å². The lowest BCUT2D eigenvalue weighted by Gasteiger charge is -2.31. The molecule has 4 aromatic rings. The van der Waals surface area contributed by atoms with Crippen molar-refractivity contribution in [2.75, 3.05) is 12.4 Å². The average molecular weight is 672 g/mol. The van der Waals surface area contributed by atoms with E-state index < -0.39 is 47.3 Å². The number of methoxy groups -OCH3 is 1. The highest BCUT2D eigenvalue weighted by molar-refractivity contribution is 6.07. The van der Waals surface area contributed by atoms with Crippen LogP contribution >= 0.6 is 0 Å². The second kappa shape index (κ2) is 13.7. The van der Waals surface area contributed by atoms with E-state index in [0.717, 1.165) is 23.0 Å². The first-order chi connectivity index (χ1) is 23.0. The first-order valence-corrected chi connectivity index (χ1v) is 15.9. The number of nitrogens with one attached hydrogen (secondary N) is 3. The minimum Gasteiger partial charge on any atom is -0.464 e. The standard InChI is InChI=1S/C36H41N5O8/c1-17(2)27(42)31(44)38-24-15-20-9-10-23(22(14-20)21-12-18(3)11-19(4)13-21)37-32(45)28-26(33-39-25(16-48-33)35(46)47-8)40-34(49-28)29(36(5,6)7)41-30(24)43/h9-14,16-17,24,27,29,42H,15H2,1-8H3,(H,37,45)(H,38,44)(H,41,43)/t24-,27-,29+/m0/s1. The highest BCUT2D eigenvalue weighted by Gasteiger charge is 2.38. The predicted octanol–water partition coefficient (Wildman–Crippen LogP) is 4.91. The molecule has 2 aliphatic rings. The van der Waals surface area contributed by atoms with E-state index in [1.54, 1.807) is 26.0 Å². The van der Waals surface area contributed by atoms with Crippen LogP contribution in [0, 0.1) is 25.2 Å². The van der Waals surface area contributed by atoms with E-state index in [1.165, 1.54) is 7.11 Å². The molecule has 2 aliphatic heterocycles. The molecule has 2 aromatic heterocycles. The van der Waals surface area contributed by atoms with Gasteiger partial charge in [0.1, 0.15) is 24.5 Å². The summed E-state index contributed by atoms with van der Waals surface area (Å²) in [5, 5.41) is 19.2. The Bertz CT molecular complexity index is 1900. The van der Waals surface area contributed by atoms with Crippen molar-refractivity contribution in [3.63, 3.8) is 0 Å². The number of aryl methyl sites for hydroxylation is 2. The number of rotatable bonds is 6. The smallest absolute Gasteiger partial charge is 0.360 e. The number of ether oxygens (including phenoxy) is 1. The Balaban J connectivity index is 1.71. The zero-order chi connectivity index (χ0) is 35.8. The quantitative estimate of drug-likeness (QED) is 0.205. The number of fused-ring (bicyclic) bond motifs is 7. The Labute approximate surface area is 283 Å². The van der Waals surface area contributed by atoms with Crippen LogP contribution in [0.2, 0.25) is 0 Å². The first-order valence-electron chi connectivity index (χ1n) is 15.9. The Morgan fingerprint density at radius 2 is 1.76 bits per heavy atom. The fraction of sp³-hybridized carbons (Fsp3) is 0.389. The van der Waals surface area contributed by atoms with Crippen molar-refractivity contribution in [2.45, 2.75) is 73.1 Å². The summed E-state index contributed by atoms with van der Waals surface area (Å²) in [5.41, 5.74) is 3.63. The summed E-state index contributed by atoms with van der Waals surface area (Å²) in [5.74, 6) is -3.55. The lowest BCUT2D eigenvalue weighted by Crippen LogP contribution is -2.53. The minimum atomic E-state index is -1.34. The second-order valence-corrected chi connectivity index (χ2v) is 13.7. The van der Waals surface area contributed by atoms with Gasteiger partial charge in [0.15, 0.2) is 11.4 Å². The number of carbonyl (C=O) groups excluding carboxylic acids is 4. The fourth-order valence-electron chi connectivity index (χ4n) is 5.61. The third-order valence-corrected chi connectivity index (χ3v) is 8.19. The lowest BCUT2D eigenvalue weighted by atomic mass is 9.86. The van der Waals surface area contributed by atoms with Gasteiger partial charge in [0.05, 0.1) is 7.11 Å². The summed E-state index contributed by atoms with van der Waals surface area (Å²) < 4.78 is 16.4. The van der Waals surface area contributed by atoms with Crippen LogP contribution in [0.5, 0.6) is 0 Å². The number of hydrogen-bond acceptors (Lipinski definition) is 10.